The molecule has 3 fully saturated rings. The molecule has 0 bridgehead atoms. The number of likely N-dealkylation sites (N-methyl/N-ethyl adjacent to an activating group) is 6. The third-order valence-corrected chi connectivity index (χ3v) is 9.28. The van der Waals surface area contributed by atoms with Gasteiger partial charge in [0.15, 0.2) is 0 Å². The van der Waals surface area contributed by atoms with Crippen LogP contribution in [0.15, 0.2) is 0 Å². The summed E-state index contributed by atoms with van der Waals surface area (Å²) in [6, 6.07) is 0. The monoisotopic (exact) mass is 609 g/mol. The van der Waals surface area contributed by atoms with Crippen molar-refractivity contribution < 1.29 is 32.7 Å². The maximum Gasteiger partial charge on any atom is 0.0914 e. The molecule has 3 saturated heterocycles. The standard InChI is InChI=1S/3C10H23N2.H3O4P/c3*1-4-5-8-12(3)9-6-11(2)7-10-12;1-5(2,3)4/h3*4-10H2,1-3H3;(H3,1,2,3,4)/q3*+1;/p-3. The lowest BCUT2D eigenvalue weighted by Gasteiger charge is -2.41. The van der Waals surface area contributed by atoms with Gasteiger partial charge in [-0.25, -0.2) is 0 Å². The molecule has 0 saturated carbocycles. The lowest BCUT2D eigenvalue weighted by atomic mass is 10.2. The molecule has 11 heteroatoms. The van der Waals surface area contributed by atoms with Crippen molar-refractivity contribution in [1.29, 1.82) is 0 Å². The Balaban J connectivity index is 0.000000541. The van der Waals surface area contributed by atoms with Gasteiger partial charge in [0.05, 0.1) is 80.0 Å². The lowest BCUT2D eigenvalue weighted by molar-refractivity contribution is -0.913. The van der Waals surface area contributed by atoms with E-state index in [0.717, 1.165) is 0 Å². The zero-order chi connectivity index (χ0) is 31.6. The first-order chi connectivity index (χ1) is 19.0. The van der Waals surface area contributed by atoms with Crippen LogP contribution in [0.25, 0.3) is 0 Å². The summed E-state index contributed by atoms with van der Waals surface area (Å²) in [5.74, 6) is 0. The number of phosphoric acid groups is 1. The molecule has 10 nitrogen and oxygen atoms in total. The van der Waals surface area contributed by atoms with Gasteiger partial charge < -0.3 is 32.7 Å². The smallest absolute Gasteiger partial charge is 0.0914 e. The number of piperazine rings is 3. The summed E-state index contributed by atoms with van der Waals surface area (Å²) in [5, 5.41) is 0. The third kappa shape index (κ3) is 22.1. The lowest BCUT2D eigenvalue weighted by Crippen LogP contribution is -2.56. The summed E-state index contributed by atoms with van der Waals surface area (Å²) in [6.07, 6.45) is 8.18. The second-order valence-electron chi connectivity index (χ2n) is 13.8. The molecular weight excluding hydrogens is 539 g/mol. The SMILES string of the molecule is CCCC[N+]1(C)CCN(C)CC1.CCCC[N+]1(C)CCN(C)CC1.CCCC[N+]1(C)CCN(C)CC1.O=P([O-])([O-])[O-]. The summed E-state index contributed by atoms with van der Waals surface area (Å²) >= 11 is 0. The first kappa shape index (κ1) is 40.9. The molecule has 0 aromatic carbocycles. The molecule has 0 N–H and O–H groups in total. The Hall–Kier alpha value is -0.130. The number of nitrogens with zero attached hydrogens (tertiary/aromatic N) is 6. The first-order valence-corrected chi connectivity index (χ1v) is 17.7. The van der Waals surface area contributed by atoms with Crippen molar-refractivity contribution >= 4 is 7.82 Å². The van der Waals surface area contributed by atoms with E-state index in [1.807, 2.05) is 0 Å². The molecule has 3 aliphatic rings. The van der Waals surface area contributed by atoms with Crippen molar-refractivity contribution in [2.75, 3.05) is 140 Å². The van der Waals surface area contributed by atoms with Gasteiger partial charge in [-0.3, -0.25) is 14.7 Å². The van der Waals surface area contributed by atoms with Gasteiger partial charge in [0.1, 0.15) is 0 Å². The number of hydrogen-bond donors (Lipinski definition) is 0. The maximum absolute atomic E-state index is 8.55. The molecule has 3 rings (SSSR count). The van der Waals surface area contributed by atoms with Crippen LogP contribution >= 0.6 is 7.82 Å². The fraction of sp³-hybridized carbons (Fsp3) is 1.00. The number of unbranched alkanes of at least 4 members (excludes halogenated alkanes) is 3. The predicted molar refractivity (Wildman–Crippen MR) is 167 cm³/mol. The van der Waals surface area contributed by atoms with E-state index in [4.69, 9.17) is 19.2 Å². The number of hydrogen-bond acceptors (Lipinski definition) is 7. The molecule has 0 aromatic rings. The van der Waals surface area contributed by atoms with Crippen LogP contribution in [0.5, 0.6) is 0 Å². The highest BCUT2D eigenvalue weighted by Gasteiger charge is 2.27. The van der Waals surface area contributed by atoms with Gasteiger partial charge in [-0.15, -0.1) is 0 Å². The molecular formula is C30H69N6O4P. The molecule has 0 unspecified atom stereocenters. The zero-order valence-electron chi connectivity index (χ0n) is 28.6. The van der Waals surface area contributed by atoms with Gasteiger partial charge in [0.2, 0.25) is 0 Å². The fourth-order valence-corrected chi connectivity index (χ4v) is 5.43. The summed E-state index contributed by atoms with van der Waals surface area (Å²) in [5.41, 5.74) is 0. The van der Waals surface area contributed by atoms with Crippen LogP contribution in [0.4, 0.5) is 0 Å². The van der Waals surface area contributed by atoms with Crippen LogP contribution in [0.3, 0.4) is 0 Å². The molecule has 0 aliphatic carbocycles. The molecule has 0 atom stereocenters. The third-order valence-electron chi connectivity index (χ3n) is 9.28. The summed E-state index contributed by atoms with van der Waals surface area (Å²) in [7, 11) is 8.50. The van der Waals surface area contributed by atoms with Gasteiger partial charge in [0, 0.05) is 39.3 Å². The molecule has 0 aromatic heterocycles. The molecule has 41 heavy (non-hydrogen) atoms. The number of rotatable bonds is 9. The van der Waals surface area contributed by atoms with Gasteiger partial charge in [-0.05, 0) is 40.4 Å². The van der Waals surface area contributed by atoms with Gasteiger partial charge >= 0.3 is 0 Å². The van der Waals surface area contributed by atoms with E-state index in [0.29, 0.717) is 0 Å². The molecule has 0 radical (unpaired) electrons. The predicted octanol–water partition coefficient (Wildman–Crippen LogP) is 0.711. The van der Waals surface area contributed by atoms with Crippen LogP contribution in [0, 0.1) is 0 Å². The van der Waals surface area contributed by atoms with Crippen molar-refractivity contribution in [1.82, 2.24) is 14.7 Å². The fourth-order valence-electron chi connectivity index (χ4n) is 5.43. The first-order valence-electron chi connectivity index (χ1n) is 16.3. The van der Waals surface area contributed by atoms with E-state index in [9.17, 15) is 0 Å². The van der Waals surface area contributed by atoms with E-state index in [-0.39, 0.29) is 0 Å². The van der Waals surface area contributed by atoms with E-state index in [2.05, 4.69) is 77.8 Å². The Bertz CT molecular complexity index is 586. The van der Waals surface area contributed by atoms with E-state index in [1.165, 1.54) is 150 Å². The largest absolute Gasteiger partial charge is 0.822 e. The Kier molecular flexibility index (Phi) is 20.7. The summed E-state index contributed by atoms with van der Waals surface area (Å²) < 4.78 is 12.5. The van der Waals surface area contributed by atoms with Crippen molar-refractivity contribution in [2.24, 2.45) is 0 Å². The Morgan fingerprint density at radius 3 is 0.829 bits per heavy atom. The minimum Gasteiger partial charge on any atom is -0.822 e. The van der Waals surface area contributed by atoms with Gasteiger partial charge in [0.25, 0.3) is 0 Å². The van der Waals surface area contributed by atoms with E-state index in [1.54, 1.807) is 0 Å². The summed E-state index contributed by atoms with van der Waals surface area (Å²) in [6.45, 7) is 26.7. The minimum absolute atomic E-state index is 1.28. The van der Waals surface area contributed by atoms with Gasteiger partial charge in [-0.2, -0.15) is 7.82 Å². The van der Waals surface area contributed by atoms with Crippen LogP contribution in [0.1, 0.15) is 59.3 Å². The second kappa shape index (κ2) is 20.8. The average Bonchev–Trinajstić information content (AvgIpc) is 2.91. The topological polar surface area (TPSA) is 96.0 Å². The maximum atomic E-state index is 8.55. The van der Waals surface area contributed by atoms with E-state index >= 15 is 0 Å². The van der Waals surface area contributed by atoms with E-state index < -0.39 is 7.82 Å². The average molecular weight is 609 g/mol. The van der Waals surface area contributed by atoms with Crippen LogP contribution in [-0.4, -0.2) is 169 Å². The van der Waals surface area contributed by atoms with Crippen LogP contribution in [0.2, 0.25) is 0 Å². The molecule has 0 amide bonds. The summed E-state index contributed by atoms with van der Waals surface area (Å²) in [4.78, 5) is 33.0. The molecule has 3 heterocycles. The van der Waals surface area contributed by atoms with Crippen molar-refractivity contribution in [3.05, 3.63) is 0 Å². The van der Waals surface area contributed by atoms with Crippen molar-refractivity contribution in [2.45, 2.75) is 59.3 Å². The zero-order valence-corrected chi connectivity index (χ0v) is 29.5. The normalized spacial score (nSPS) is 22.7. The Labute approximate surface area is 254 Å². The highest BCUT2D eigenvalue weighted by molar-refractivity contribution is 7.40. The molecule has 248 valence electrons. The Morgan fingerprint density at radius 2 is 0.683 bits per heavy atom. The number of quaternary nitrogens is 3. The highest BCUT2D eigenvalue weighted by Crippen LogP contribution is 2.12. The van der Waals surface area contributed by atoms with Gasteiger partial charge in [-0.1, -0.05) is 40.0 Å². The minimum atomic E-state index is -5.39. The molecule has 3 aliphatic heterocycles. The van der Waals surface area contributed by atoms with Crippen molar-refractivity contribution in [3.63, 3.8) is 0 Å². The highest BCUT2D eigenvalue weighted by atomic mass is 31.2. The van der Waals surface area contributed by atoms with Crippen LogP contribution in [-0.2, 0) is 4.57 Å². The quantitative estimate of drug-likeness (QED) is 0.281. The second-order valence-corrected chi connectivity index (χ2v) is 14.7. The van der Waals surface area contributed by atoms with Crippen LogP contribution < -0.4 is 14.7 Å². The Morgan fingerprint density at radius 1 is 0.512 bits per heavy atom. The molecule has 0 spiro atoms. The van der Waals surface area contributed by atoms with Crippen molar-refractivity contribution in [3.8, 4) is 0 Å².